The van der Waals surface area contributed by atoms with Crippen molar-refractivity contribution in [2.45, 2.75) is 12.0 Å². The molecule has 0 aromatic heterocycles. The molecule has 2 heterocycles. The number of aliphatic hydroxyl groups excluding tert-OH is 1. The average Bonchev–Trinajstić information content (AvgIpc) is 2.87. The summed E-state index contributed by atoms with van der Waals surface area (Å²) in [5, 5.41) is 13.3. The van der Waals surface area contributed by atoms with Gasteiger partial charge in [0, 0.05) is 13.0 Å². The molecule has 1 spiro atoms. The standard InChI is InChI=1S/C13H12FNO3/c14-9-3-1-2-8(6-9)10-11(16)13(18-12(10)17)4-5-15-7-13/h1-3,6,15-16H,4-5,7H2. The molecule has 1 unspecified atom stereocenters. The van der Waals surface area contributed by atoms with E-state index in [0.717, 1.165) is 0 Å². The van der Waals surface area contributed by atoms with Gasteiger partial charge in [0.15, 0.2) is 11.4 Å². The fraction of sp³-hybridized carbons (Fsp3) is 0.308. The number of hydrogen-bond donors (Lipinski definition) is 2. The predicted octanol–water partition coefficient (Wildman–Crippen LogP) is 1.38. The number of benzene rings is 1. The molecule has 4 nitrogen and oxygen atoms in total. The summed E-state index contributed by atoms with van der Waals surface area (Å²) in [6.45, 7) is 1.07. The van der Waals surface area contributed by atoms with Crippen LogP contribution in [0.15, 0.2) is 30.0 Å². The van der Waals surface area contributed by atoms with Gasteiger partial charge in [-0.3, -0.25) is 0 Å². The van der Waals surface area contributed by atoms with Gasteiger partial charge in [0.05, 0.1) is 0 Å². The summed E-state index contributed by atoms with van der Waals surface area (Å²) >= 11 is 0. The number of nitrogens with one attached hydrogen (secondary N) is 1. The van der Waals surface area contributed by atoms with E-state index in [1.807, 2.05) is 0 Å². The molecule has 0 bridgehead atoms. The quantitative estimate of drug-likeness (QED) is 0.738. The van der Waals surface area contributed by atoms with Gasteiger partial charge in [0.25, 0.3) is 0 Å². The number of carbonyl (C=O) groups is 1. The molecule has 1 aromatic rings. The van der Waals surface area contributed by atoms with Crippen LogP contribution >= 0.6 is 0 Å². The average molecular weight is 249 g/mol. The highest BCUT2D eigenvalue weighted by molar-refractivity contribution is 6.19. The monoisotopic (exact) mass is 249 g/mol. The lowest BCUT2D eigenvalue weighted by atomic mass is 9.96. The number of ether oxygens (including phenoxy) is 1. The van der Waals surface area contributed by atoms with E-state index in [2.05, 4.69) is 5.32 Å². The second-order valence-corrected chi connectivity index (χ2v) is 4.54. The summed E-state index contributed by atoms with van der Waals surface area (Å²) < 4.78 is 18.5. The van der Waals surface area contributed by atoms with Crippen LogP contribution in [0.2, 0.25) is 0 Å². The van der Waals surface area contributed by atoms with Crippen LogP contribution in [0.5, 0.6) is 0 Å². The Hall–Kier alpha value is -1.88. The van der Waals surface area contributed by atoms with Crippen molar-refractivity contribution in [2.75, 3.05) is 13.1 Å². The molecule has 2 N–H and O–H groups in total. The first kappa shape index (κ1) is 11.2. The van der Waals surface area contributed by atoms with E-state index in [0.29, 0.717) is 25.1 Å². The van der Waals surface area contributed by atoms with Crippen LogP contribution in [0, 0.1) is 5.82 Å². The molecular formula is C13H12FNO3. The van der Waals surface area contributed by atoms with E-state index < -0.39 is 17.4 Å². The highest BCUT2D eigenvalue weighted by Crippen LogP contribution is 2.39. The van der Waals surface area contributed by atoms with E-state index in [9.17, 15) is 14.3 Å². The molecule has 2 aliphatic rings. The fourth-order valence-electron chi connectivity index (χ4n) is 2.46. The van der Waals surface area contributed by atoms with Gasteiger partial charge in [-0.2, -0.15) is 0 Å². The number of aliphatic hydroxyl groups is 1. The maximum atomic E-state index is 13.2. The molecule has 1 saturated heterocycles. The molecule has 5 heteroatoms. The highest BCUT2D eigenvalue weighted by Gasteiger charge is 2.50. The molecule has 18 heavy (non-hydrogen) atoms. The molecule has 3 rings (SSSR count). The Morgan fingerprint density at radius 3 is 2.94 bits per heavy atom. The lowest BCUT2D eigenvalue weighted by Crippen LogP contribution is -2.34. The molecule has 1 aromatic carbocycles. The van der Waals surface area contributed by atoms with Crippen molar-refractivity contribution in [3.8, 4) is 0 Å². The van der Waals surface area contributed by atoms with E-state index >= 15 is 0 Å². The molecule has 0 radical (unpaired) electrons. The zero-order valence-corrected chi connectivity index (χ0v) is 9.57. The predicted molar refractivity (Wildman–Crippen MR) is 62.3 cm³/mol. The van der Waals surface area contributed by atoms with Crippen LogP contribution in [-0.2, 0) is 9.53 Å². The third-order valence-corrected chi connectivity index (χ3v) is 3.39. The highest BCUT2D eigenvalue weighted by atomic mass is 19.1. The summed E-state index contributed by atoms with van der Waals surface area (Å²) in [5.74, 6) is -1.14. The number of hydrogen-bond acceptors (Lipinski definition) is 4. The Labute approximate surface area is 103 Å². The van der Waals surface area contributed by atoms with Crippen LogP contribution in [-0.4, -0.2) is 29.8 Å². The van der Waals surface area contributed by atoms with Crippen molar-refractivity contribution in [2.24, 2.45) is 0 Å². The molecular weight excluding hydrogens is 237 g/mol. The normalized spacial score (nSPS) is 27.1. The number of halogens is 1. The number of rotatable bonds is 1. The topological polar surface area (TPSA) is 58.6 Å². The Kier molecular flexibility index (Phi) is 2.38. The van der Waals surface area contributed by atoms with Crippen molar-refractivity contribution in [3.63, 3.8) is 0 Å². The molecule has 0 aliphatic carbocycles. The van der Waals surface area contributed by atoms with E-state index in [1.54, 1.807) is 6.07 Å². The van der Waals surface area contributed by atoms with Gasteiger partial charge in [-0.25, -0.2) is 9.18 Å². The first-order valence-corrected chi connectivity index (χ1v) is 5.76. The zero-order valence-electron chi connectivity index (χ0n) is 9.57. The molecule has 2 aliphatic heterocycles. The SMILES string of the molecule is O=C1OC2(CCNC2)C(O)=C1c1cccc(F)c1. The van der Waals surface area contributed by atoms with Gasteiger partial charge in [-0.15, -0.1) is 0 Å². The summed E-state index contributed by atoms with van der Waals surface area (Å²) in [7, 11) is 0. The second-order valence-electron chi connectivity index (χ2n) is 4.54. The Morgan fingerprint density at radius 1 is 1.44 bits per heavy atom. The minimum absolute atomic E-state index is 0.0678. The maximum absolute atomic E-state index is 13.2. The maximum Gasteiger partial charge on any atom is 0.343 e. The number of carbonyl (C=O) groups excluding carboxylic acids is 1. The molecule has 1 atom stereocenters. The van der Waals surface area contributed by atoms with Gasteiger partial charge in [-0.1, -0.05) is 12.1 Å². The summed E-state index contributed by atoms with van der Waals surface area (Å²) in [5.41, 5.74) is -0.543. The zero-order chi connectivity index (χ0) is 12.8. The van der Waals surface area contributed by atoms with Gasteiger partial charge < -0.3 is 15.2 Å². The van der Waals surface area contributed by atoms with Crippen molar-refractivity contribution >= 4 is 11.5 Å². The largest absolute Gasteiger partial charge is 0.507 e. The fourth-order valence-corrected chi connectivity index (χ4v) is 2.46. The van der Waals surface area contributed by atoms with Crippen LogP contribution in [0.4, 0.5) is 4.39 Å². The van der Waals surface area contributed by atoms with Gasteiger partial charge in [0.2, 0.25) is 0 Å². The summed E-state index contributed by atoms with van der Waals surface area (Å²) in [6, 6.07) is 5.58. The van der Waals surface area contributed by atoms with Gasteiger partial charge in [0.1, 0.15) is 11.4 Å². The Morgan fingerprint density at radius 2 is 2.28 bits per heavy atom. The van der Waals surface area contributed by atoms with E-state index in [1.165, 1.54) is 18.2 Å². The minimum Gasteiger partial charge on any atom is -0.507 e. The van der Waals surface area contributed by atoms with Gasteiger partial charge >= 0.3 is 5.97 Å². The second kappa shape index (κ2) is 3.81. The third-order valence-electron chi connectivity index (χ3n) is 3.39. The van der Waals surface area contributed by atoms with Crippen LogP contribution in [0.1, 0.15) is 12.0 Å². The molecule has 1 fully saturated rings. The van der Waals surface area contributed by atoms with Crippen LogP contribution < -0.4 is 5.32 Å². The van der Waals surface area contributed by atoms with E-state index in [4.69, 9.17) is 4.74 Å². The lowest BCUT2D eigenvalue weighted by Gasteiger charge is -2.20. The Bertz CT molecular complexity index is 547. The molecule has 94 valence electrons. The van der Waals surface area contributed by atoms with Crippen molar-refractivity contribution in [1.82, 2.24) is 5.32 Å². The first-order valence-electron chi connectivity index (χ1n) is 5.76. The third kappa shape index (κ3) is 1.51. The van der Waals surface area contributed by atoms with Crippen LogP contribution in [0.25, 0.3) is 5.57 Å². The lowest BCUT2D eigenvalue weighted by molar-refractivity contribution is -0.145. The van der Waals surface area contributed by atoms with Crippen molar-refractivity contribution < 1.29 is 19.0 Å². The molecule has 0 amide bonds. The Balaban J connectivity index is 2.10. The first-order chi connectivity index (χ1) is 8.62. The van der Waals surface area contributed by atoms with Crippen molar-refractivity contribution in [1.29, 1.82) is 0 Å². The summed E-state index contributed by atoms with van der Waals surface area (Å²) in [4.78, 5) is 11.9. The minimum atomic E-state index is -0.960. The van der Waals surface area contributed by atoms with Gasteiger partial charge in [-0.05, 0) is 24.2 Å². The van der Waals surface area contributed by atoms with Crippen LogP contribution in [0.3, 0.4) is 0 Å². The summed E-state index contributed by atoms with van der Waals surface area (Å²) in [6.07, 6.45) is 0.531. The van der Waals surface area contributed by atoms with Crippen molar-refractivity contribution in [3.05, 3.63) is 41.4 Å². The molecule has 0 saturated carbocycles. The van der Waals surface area contributed by atoms with E-state index in [-0.39, 0.29) is 11.3 Å². The smallest absolute Gasteiger partial charge is 0.343 e. The number of esters is 1.